The summed E-state index contributed by atoms with van der Waals surface area (Å²) in [4.78, 5) is 13.7. The number of carboxylic acid groups (broad SMARTS) is 1. The average Bonchev–Trinajstić information content (AvgIpc) is 2.80. The van der Waals surface area contributed by atoms with E-state index in [0.29, 0.717) is 39.4 Å². The molecule has 1 saturated carbocycles. The molecule has 4 rings (SSSR count). The first-order chi connectivity index (χ1) is 16.3. The van der Waals surface area contributed by atoms with E-state index in [1.807, 2.05) is 18.2 Å². The number of hydrogen-bond acceptors (Lipinski definition) is 3. The summed E-state index contributed by atoms with van der Waals surface area (Å²) in [5.41, 5.74) is 3.21. The van der Waals surface area contributed by atoms with Gasteiger partial charge in [0, 0.05) is 22.5 Å². The molecule has 1 heterocycles. The highest BCUT2D eigenvalue weighted by Crippen LogP contribution is 2.37. The van der Waals surface area contributed by atoms with Crippen molar-refractivity contribution in [3.05, 3.63) is 62.6 Å². The number of halogens is 3. The third kappa shape index (κ3) is 6.40. The van der Waals surface area contributed by atoms with E-state index in [9.17, 15) is 4.79 Å². The van der Waals surface area contributed by atoms with Crippen LogP contribution in [0.3, 0.4) is 0 Å². The SMILES string of the molecule is CC(Nc1cc(C2CCN(C3CCCC(CC(=O)O)C3)CC2)ccc1Cl)c1ccc(Cl)cc1Cl. The molecule has 7 heteroatoms. The molecule has 2 aromatic carbocycles. The van der Waals surface area contributed by atoms with Gasteiger partial charge in [-0.25, -0.2) is 0 Å². The van der Waals surface area contributed by atoms with Crippen LogP contribution in [-0.4, -0.2) is 35.1 Å². The lowest BCUT2D eigenvalue weighted by Gasteiger charge is -2.41. The predicted molar refractivity (Wildman–Crippen MR) is 141 cm³/mol. The van der Waals surface area contributed by atoms with Crippen LogP contribution in [0.2, 0.25) is 15.1 Å². The van der Waals surface area contributed by atoms with Crippen molar-refractivity contribution < 1.29 is 9.90 Å². The molecule has 2 fully saturated rings. The van der Waals surface area contributed by atoms with E-state index in [0.717, 1.165) is 56.4 Å². The van der Waals surface area contributed by atoms with E-state index in [1.165, 1.54) is 12.0 Å². The normalized spacial score (nSPS) is 22.9. The molecule has 2 aliphatic rings. The lowest BCUT2D eigenvalue weighted by Crippen LogP contribution is -2.43. The maximum atomic E-state index is 11.1. The fraction of sp³-hybridized carbons (Fsp3) is 0.519. The van der Waals surface area contributed by atoms with Crippen molar-refractivity contribution in [1.29, 1.82) is 0 Å². The molecular weight excluding hydrogens is 491 g/mol. The molecule has 1 saturated heterocycles. The van der Waals surface area contributed by atoms with E-state index in [-0.39, 0.29) is 6.04 Å². The Labute approximate surface area is 217 Å². The van der Waals surface area contributed by atoms with Crippen molar-refractivity contribution in [2.75, 3.05) is 18.4 Å². The first kappa shape index (κ1) is 25.6. The Morgan fingerprint density at radius 3 is 2.53 bits per heavy atom. The van der Waals surface area contributed by atoms with Gasteiger partial charge < -0.3 is 15.3 Å². The highest BCUT2D eigenvalue weighted by atomic mass is 35.5. The van der Waals surface area contributed by atoms with Crippen molar-refractivity contribution in [3.8, 4) is 0 Å². The topological polar surface area (TPSA) is 52.6 Å². The van der Waals surface area contributed by atoms with Crippen LogP contribution >= 0.6 is 34.8 Å². The summed E-state index contributed by atoms with van der Waals surface area (Å²) in [6.45, 7) is 4.20. The molecule has 0 radical (unpaired) electrons. The fourth-order valence-electron chi connectivity index (χ4n) is 5.70. The number of rotatable bonds is 7. The van der Waals surface area contributed by atoms with Gasteiger partial charge in [0.05, 0.1) is 16.8 Å². The minimum absolute atomic E-state index is 0.00980. The van der Waals surface area contributed by atoms with Crippen LogP contribution in [0.25, 0.3) is 0 Å². The molecule has 184 valence electrons. The lowest BCUT2D eigenvalue weighted by molar-refractivity contribution is -0.138. The van der Waals surface area contributed by atoms with Crippen LogP contribution in [0, 0.1) is 5.92 Å². The number of likely N-dealkylation sites (tertiary alicyclic amines) is 1. The van der Waals surface area contributed by atoms with Crippen LogP contribution in [0.15, 0.2) is 36.4 Å². The van der Waals surface area contributed by atoms with Crippen LogP contribution in [0.4, 0.5) is 5.69 Å². The molecule has 0 amide bonds. The minimum Gasteiger partial charge on any atom is -0.481 e. The molecule has 3 unspecified atom stereocenters. The second-order valence-corrected chi connectivity index (χ2v) is 11.1. The zero-order valence-corrected chi connectivity index (χ0v) is 21.8. The Bertz CT molecular complexity index is 1010. The molecule has 0 spiro atoms. The Morgan fingerprint density at radius 1 is 1.06 bits per heavy atom. The van der Waals surface area contributed by atoms with Crippen LogP contribution < -0.4 is 5.32 Å². The van der Waals surface area contributed by atoms with Crippen molar-refractivity contribution in [3.63, 3.8) is 0 Å². The first-order valence-corrected chi connectivity index (χ1v) is 13.4. The first-order valence-electron chi connectivity index (χ1n) is 12.3. The number of carbonyl (C=O) groups is 1. The van der Waals surface area contributed by atoms with E-state index in [2.05, 4.69) is 29.3 Å². The second kappa shape index (κ2) is 11.5. The summed E-state index contributed by atoms with van der Waals surface area (Å²) < 4.78 is 0. The molecule has 34 heavy (non-hydrogen) atoms. The molecular formula is C27H33Cl3N2O2. The van der Waals surface area contributed by atoms with Crippen LogP contribution in [-0.2, 0) is 4.79 Å². The third-order valence-electron chi connectivity index (χ3n) is 7.53. The van der Waals surface area contributed by atoms with Crippen molar-refractivity contribution in [2.24, 2.45) is 5.92 Å². The zero-order chi connectivity index (χ0) is 24.2. The maximum Gasteiger partial charge on any atom is 0.303 e. The van der Waals surface area contributed by atoms with Gasteiger partial charge in [-0.15, -0.1) is 0 Å². The molecule has 0 aromatic heterocycles. The molecule has 2 N–H and O–H groups in total. The van der Waals surface area contributed by atoms with E-state index < -0.39 is 5.97 Å². The summed E-state index contributed by atoms with van der Waals surface area (Å²) in [6.07, 6.45) is 6.95. The van der Waals surface area contributed by atoms with Crippen molar-refractivity contribution in [2.45, 2.75) is 69.9 Å². The molecule has 1 aliphatic heterocycles. The number of hydrogen-bond donors (Lipinski definition) is 2. The molecule has 0 bridgehead atoms. The Kier molecular flexibility index (Phi) is 8.68. The predicted octanol–water partition coefficient (Wildman–Crippen LogP) is 8.03. The summed E-state index contributed by atoms with van der Waals surface area (Å²) in [5.74, 6) is 0.168. The minimum atomic E-state index is -0.663. The van der Waals surface area contributed by atoms with Crippen LogP contribution in [0.1, 0.15) is 75.0 Å². The smallest absolute Gasteiger partial charge is 0.303 e. The quantitative estimate of drug-likeness (QED) is 0.385. The van der Waals surface area contributed by atoms with Crippen molar-refractivity contribution >= 4 is 46.5 Å². The molecule has 3 atom stereocenters. The summed E-state index contributed by atoms with van der Waals surface area (Å²) >= 11 is 19.0. The highest BCUT2D eigenvalue weighted by molar-refractivity contribution is 6.35. The van der Waals surface area contributed by atoms with E-state index >= 15 is 0 Å². The van der Waals surface area contributed by atoms with Gasteiger partial charge >= 0.3 is 5.97 Å². The van der Waals surface area contributed by atoms with Gasteiger partial charge in [0.2, 0.25) is 0 Å². The number of aliphatic carboxylic acids is 1. The van der Waals surface area contributed by atoms with Crippen LogP contribution in [0.5, 0.6) is 0 Å². The molecule has 1 aliphatic carbocycles. The summed E-state index contributed by atoms with van der Waals surface area (Å²) in [7, 11) is 0. The standard InChI is InChI=1S/C27H33Cl3N2O2/c1-17(23-7-6-21(28)16-25(23)30)31-26-15-20(5-8-24(26)29)19-9-11-32(12-10-19)22-4-2-3-18(13-22)14-27(33)34/h5-8,15-19,22,31H,2-4,9-14H2,1H3,(H,33,34). The van der Waals surface area contributed by atoms with Gasteiger partial charge in [0.15, 0.2) is 0 Å². The van der Waals surface area contributed by atoms with Gasteiger partial charge in [-0.05, 0) is 99.3 Å². The largest absolute Gasteiger partial charge is 0.481 e. The average molecular weight is 524 g/mol. The Morgan fingerprint density at radius 2 is 1.82 bits per heavy atom. The van der Waals surface area contributed by atoms with E-state index in [1.54, 1.807) is 6.07 Å². The number of benzene rings is 2. The number of nitrogens with one attached hydrogen (secondary N) is 1. The van der Waals surface area contributed by atoms with E-state index in [4.69, 9.17) is 39.9 Å². The Balaban J connectivity index is 1.37. The number of anilines is 1. The maximum absolute atomic E-state index is 11.1. The zero-order valence-electron chi connectivity index (χ0n) is 19.6. The van der Waals surface area contributed by atoms with Gasteiger partial charge in [-0.3, -0.25) is 4.79 Å². The van der Waals surface area contributed by atoms with Crippen molar-refractivity contribution in [1.82, 2.24) is 4.90 Å². The van der Waals surface area contributed by atoms with Gasteiger partial charge in [0.1, 0.15) is 0 Å². The highest BCUT2D eigenvalue weighted by Gasteiger charge is 2.31. The number of carboxylic acids is 1. The molecule has 2 aromatic rings. The number of piperidine rings is 1. The number of nitrogens with zero attached hydrogens (tertiary/aromatic N) is 1. The second-order valence-electron chi connectivity index (χ2n) is 9.87. The Hall–Kier alpha value is -1.46. The van der Waals surface area contributed by atoms with Gasteiger partial charge in [-0.2, -0.15) is 0 Å². The summed E-state index contributed by atoms with van der Waals surface area (Å²) in [6, 6.07) is 12.4. The third-order valence-corrected chi connectivity index (χ3v) is 8.42. The monoisotopic (exact) mass is 522 g/mol. The summed E-state index contributed by atoms with van der Waals surface area (Å²) in [5, 5.41) is 14.7. The fourth-order valence-corrected chi connectivity index (χ4v) is 6.44. The van der Waals surface area contributed by atoms with Gasteiger partial charge in [-0.1, -0.05) is 53.4 Å². The lowest BCUT2D eigenvalue weighted by atomic mass is 9.81. The molecule has 4 nitrogen and oxygen atoms in total. The van der Waals surface area contributed by atoms with Gasteiger partial charge in [0.25, 0.3) is 0 Å².